The smallest absolute Gasteiger partial charge is 0.260 e. The highest BCUT2D eigenvalue weighted by atomic mass is 16.5. The van der Waals surface area contributed by atoms with Crippen LogP contribution in [0.3, 0.4) is 0 Å². The zero-order valence-corrected chi connectivity index (χ0v) is 13.0. The summed E-state index contributed by atoms with van der Waals surface area (Å²) in [6, 6.07) is 16.1. The number of aliphatic hydroxyl groups excluding tert-OH is 1. The number of amides is 1. The molecule has 0 saturated carbocycles. The van der Waals surface area contributed by atoms with E-state index in [-0.39, 0.29) is 11.3 Å². The minimum Gasteiger partial charge on any atom is -0.512 e. The molecule has 5 nitrogen and oxygen atoms in total. The Hall–Kier alpha value is -3.08. The van der Waals surface area contributed by atoms with Crippen LogP contribution in [0.4, 0.5) is 11.4 Å². The van der Waals surface area contributed by atoms with Crippen molar-refractivity contribution in [2.45, 2.75) is 6.92 Å². The Kier molecular flexibility index (Phi) is 5.52. The van der Waals surface area contributed by atoms with Gasteiger partial charge in [-0.05, 0) is 43.3 Å². The molecule has 0 heterocycles. The van der Waals surface area contributed by atoms with Crippen LogP contribution < -0.4 is 10.1 Å². The lowest BCUT2D eigenvalue weighted by Crippen LogP contribution is -2.16. The molecular formula is C18H18N2O3. The minimum absolute atomic E-state index is 0.101. The highest BCUT2D eigenvalue weighted by Gasteiger charge is 2.11. The number of rotatable bonds is 5. The summed E-state index contributed by atoms with van der Waals surface area (Å²) in [5, 5.41) is 12.4. The number of benzene rings is 2. The van der Waals surface area contributed by atoms with Crippen LogP contribution in [0.25, 0.3) is 0 Å². The van der Waals surface area contributed by atoms with Crippen molar-refractivity contribution in [3.05, 3.63) is 65.9 Å². The third-order valence-electron chi connectivity index (χ3n) is 3.08. The van der Waals surface area contributed by atoms with Crippen LogP contribution >= 0.6 is 0 Å². The van der Waals surface area contributed by atoms with E-state index >= 15 is 0 Å². The van der Waals surface area contributed by atoms with Crippen LogP contribution in [0.2, 0.25) is 0 Å². The molecule has 0 unspecified atom stereocenters. The largest absolute Gasteiger partial charge is 0.512 e. The Balaban J connectivity index is 2.13. The monoisotopic (exact) mass is 310 g/mol. The van der Waals surface area contributed by atoms with Crippen molar-refractivity contribution < 1.29 is 14.6 Å². The topological polar surface area (TPSA) is 70.9 Å². The summed E-state index contributed by atoms with van der Waals surface area (Å²) in [6.07, 6.45) is 1.34. The molecule has 0 bridgehead atoms. The summed E-state index contributed by atoms with van der Waals surface area (Å²) in [5.41, 5.74) is 1.40. The Morgan fingerprint density at radius 1 is 1.13 bits per heavy atom. The van der Waals surface area contributed by atoms with Gasteiger partial charge in [-0.3, -0.25) is 9.79 Å². The van der Waals surface area contributed by atoms with Crippen LogP contribution in [0.1, 0.15) is 6.92 Å². The first-order valence-electron chi connectivity index (χ1n) is 7.04. The SMILES string of the molecule is COc1ccc(N=C/C(C(=O)Nc2ccccc2)=C(/C)O)cc1. The molecule has 2 aromatic carbocycles. The first kappa shape index (κ1) is 16.3. The van der Waals surface area contributed by atoms with Crippen molar-refractivity contribution in [1.29, 1.82) is 0 Å². The van der Waals surface area contributed by atoms with Gasteiger partial charge in [-0.15, -0.1) is 0 Å². The second-order valence-corrected chi connectivity index (χ2v) is 4.78. The second kappa shape index (κ2) is 7.79. The molecule has 0 aliphatic rings. The first-order valence-corrected chi connectivity index (χ1v) is 7.04. The third kappa shape index (κ3) is 4.71. The molecule has 2 N–H and O–H groups in total. The molecule has 0 aliphatic carbocycles. The lowest BCUT2D eigenvalue weighted by molar-refractivity contribution is -0.112. The van der Waals surface area contributed by atoms with Gasteiger partial charge >= 0.3 is 0 Å². The number of hydrogen-bond acceptors (Lipinski definition) is 4. The molecule has 0 aromatic heterocycles. The number of methoxy groups -OCH3 is 1. The van der Waals surface area contributed by atoms with E-state index < -0.39 is 5.91 Å². The van der Waals surface area contributed by atoms with Crippen molar-refractivity contribution in [3.8, 4) is 5.75 Å². The van der Waals surface area contributed by atoms with Gasteiger partial charge in [0.15, 0.2) is 0 Å². The van der Waals surface area contributed by atoms with E-state index in [9.17, 15) is 9.90 Å². The second-order valence-electron chi connectivity index (χ2n) is 4.78. The standard InChI is InChI=1S/C18H18N2O3/c1-13(21)17(18(22)20-15-6-4-3-5-7-15)12-19-14-8-10-16(23-2)11-9-14/h3-12,21H,1-2H3,(H,20,22)/b17-13+,19-12?. The zero-order valence-electron chi connectivity index (χ0n) is 13.0. The molecular weight excluding hydrogens is 292 g/mol. The number of nitrogens with zero attached hydrogens (tertiary/aromatic N) is 1. The number of carbonyl (C=O) groups excluding carboxylic acids is 1. The van der Waals surface area contributed by atoms with Crippen LogP contribution in [0.15, 0.2) is 70.9 Å². The lowest BCUT2D eigenvalue weighted by Gasteiger charge is -2.06. The fourth-order valence-electron chi connectivity index (χ4n) is 1.84. The predicted octanol–water partition coefficient (Wildman–Crippen LogP) is 3.87. The van der Waals surface area contributed by atoms with E-state index in [0.717, 1.165) is 5.75 Å². The predicted molar refractivity (Wildman–Crippen MR) is 91.5 cm³/mol. The molecule has 5 heteroatoms. The number of para-hydroxylation sites is 1. The third-order valence-corrected chi connectivity index (χ3v) is 3.08. The maximum Gasteiger partial charge on any atom is 0.260 e. The summed E-state index contributed by atoms with van der Waals surface area (Å²) in [5.74, 6) is 0.198. The number of allylic oxidation sites excluding steroid dienone is 1. The van der Waals surface area contributed by atoms with Crippen molar-refractivity contribution in [1.82, 2.24) is 0 Å². The summed E-state index contributed by atoms with van der Waals surface area (Å²) in [4.78, 5) is 16.4. The van der Waals surface area contributed by atoms with Gasteiger partial charge < -0.3 is 15.2 Å². The van der Waals surface area contributed by atoms with Gasteiger partial charge in [0, 0.05) is 11.9 Å². The number of aliphatic imine (C=N–C) groups is 1. The number of ether oxygens (including phenoxy) is 1. The molecule has 2 aromatic rings. The number of hydrogen-bond donors (Lipinski definition) is 2. The average Bonchev–Trinajstić information content (AvgIpc) is 2.56. The normalized spacial score (nSPS) is 11.9. The molecule has 0 spiro atoms. The Bertz CT molecular complexity index is 716. The summed E-state index contributed by atoms with van der Waals surface area (Å²) < 4.78 is 5.07. The molecule has 0 radical (unpaired) electrons. The maximum absolute atomic E-state index is 12.2. The van der Waals surface area contributed by atoms with Crippen LogP contribution in [0, 0.1) is 0 Å². The molecule has 1 amide bonds. The molecule has 0 atom stereocenters. The van der Waals surface area contributed by atoms with Gasteiger partial charge in [0.05, 0.1) is 18.4 Å². The minimum atomic E-state index is -0.423. The van der Waals surface area contributed by atoms with Crippen molar-refractivity contribution in [3.63, 3.8) is 0 Å². The van der Waals surface area contributed by atoms with E-state index in [4.69, 9.17) is 4.74 Å². The number of anilines is 1. The number of carbonyl (C=O) groups is 1. The highest BCUT2D eigenvalue weighted by Crippen LogP contribution is 2.18. The highest BCUT2D eigenvalue weighted by molar-refractivity contribution is 6.18. The fourth-order valence-corrected chi connectivity index (χ4v) is 1.84. The molecule has 118 valence electrons. The first-order chi connectivity index (χ1) is 11.1. The Morgan fingerprint density at radius 2 is 1.78 bits per heavy atom. The summed E-state index contributed by atoms with van der Waals surface area (Å²) >= 11 is 0. The number of aliphatic hydroxyl groups is 1. The molecule has 0 saturated heterocycles. The number of nitrogens with one attached hydrogen (secondary N) is 1. The van der Waals surface area contributed by atoms with E-state index in [1.54, 1.807) is 43.5 Å². The van der Waals surface area contributed by atoms with Gasteiger partial charge in [0.1, 0.15) is 11.5 Å². The van der Waals surface area contributed by atoms with Crippen LogP contribution in [0.5, 0.6) is 5.75 Å². The summed E-state index contributed by atoms with van der Waals surface area (Å²) in [7, 11) is 1.59. The Labute approximate surface area is 135 Å². The van der Waals surface area contributed by atoms with Crippen LogP contribution in [-0.4, -0.2) is 24.3 Å². The Morgan fingerprint density at radius 3 is 2.35 bits per heavy atom. The zero-order chi connectivity index (χ0) is 16.7. The molecule has 0 aliphatic heterocycles. The van der Waals surface area contributed by atoms with Gasteiger partial charge in [0.25, 0.3) is 5.91 Å². The quantitative estimate of drug-likeness (QED) is 0.500. The summed E-state index contributed by atoms with van der Waals surface area (Å²) in [6.45, 7) is 1.44. The molecule has 2 rings (SSSR count). The van der Waals surface area contributed by atoms with Crippen molar-refractivity contribution in [2.24, 2.45) is 4.99 Å². The van der Waals surface area contributed by atoms with E-state index in [1.807, 2.05) is 18.2 Å². The van der Waals surface area contributed by atoms with Gasteiger partial charge in [-0.2, -0.15) is 0 Å². The van der Waals surface area contributed by atoms with Crippen molar-refractivity contribution in [2.75, 3.05) is 12.4 Å². The molecule has 23 heavy (non-hydrogen) atoms. The maximum atomic E-state index is 12.2. The van der Waals surface area contributed by atoms with E-state index in [1.165, 1.54) is 13.1 Å². The molecule has 0 fully saturated rings. The van der Waals surface area contributed by atoms with E-state index in [2.05, 4.69) is 10.3 Å². The average molecular weight is 310 g/mol. The van der Waals surface area contributed by atoms with E-state index in [0.29, 0.717) is 11.4 Å². The fraction of sp³-hybridized carbons (Fsp3) is 0.111. The van der Waals surface area contributed by atoms with Gasteiger partial charge in [-0.25, -0.2) is 0 Å². The lowest BCUT2D eigenvalue weighted by atomic mass is 10.2. The van der Waals surface area contributed by atoms with Gasteiger partial charge in [0.2, 0.25) is 0 Å². The van der Waals surface area contributed by atoms with Crippen LogP contribution in [-0.2, 0) is 4.79 Å². The van der Waals surface area contributed by atoms with Gasteiger partial charge in [-0.1, -0.05) is 18.2 Å². The van der Waals surface area contributed by atoms with Crippen molar-refractivity contribution >= 4 is 23.5 Å².